The molecule has 0 bridgehead atoms. The highest BCUT2D eigenvalue weighted by molar-refractivity contribution is 9.11. The quantitative estimate of drug-likeness (QED) is 0.629. The molecule has 0 aliphatic carbocycles. The van der Waals surface area contributed by atoms with Crippen molar-refractivity contribution < 1.29 is 4.79 Å². The molecule has 0 saturated heterocycles. The number of hydrogen-bond acceptors (Lipinski definition) is 5. The molecular formula is C13H15Br2N5OS. The van der Waals surface area contributed by atoms with Crippen LogP contribution in [0.1, 0.15) is 25.6 Å². The van der Waals surface area contributed by atoms with Crippen LogP contribution in [0, 0.1) is 0 Å². The number of halogens is 2. The third-order valence-electron chi connectivity index (χ3n) is 2.68. The fourth-order valence-electron chi connectivity index (χ4n) is 1.60. The molecule has 2 N–H and O–H groups in total. The predicted molar refractivity (Wildman–Crippen MR) is 94.0 cm³/mol. The highest BCUT2D eigenvalue weighted by Crippen LogP contribution is 2.23. The van der Waals surface area contributed by atoms with Crippen LogP contribution < -0.4 is 5.32 Å². The third kappa shape index (κ3) is 5.36. The van der Waals surface area contributed by atoms with Crippen LogP contribution in [0.5, 0.6) is 0 Å². The largest absolute Gasteiger partial charge is 0.309 e. The molecule has 0 spiro atoms. The van der Waals surface area contributed by atoms with Gasteiger partial charge in [0.15, 0.2) is 0 Å². The number of aromatic amines is 1. The molecule has 6 nitrogen and oxygen atoms in total. The summed E-state index contributed by atoms with van der Waals surface area (Å²) in [5.41, 5.74) is 0. The van der Waals surface area contributed by atoms with Crippen LogP contribution in [-0.2, 0) is 11.2 Å². The summed E-state index contributed by atoms with van der Waals surface area (Å²) in [6, 6.07) is 1.82. The lowest BCUT2D eigenvalue weighted by Crippen LogP contribution is -2.15. The van der Waals surface area contributed by atoms with Crippen molar-refractivity contribution in [3.63, 3.8) is 0 Å². The molecule has 2 aromatic heterocycles. The van der Waals surface area contributed by atoms with E-state index in [4.69, 9.17) is 0 Å². The fraction of sp³-hybridized carbons (Fsp3) is 0.385. The van der Waals surface area contributed by atoms with Crippen molar-refractivity contribution >= 4 is 55.3 Å². The Morgan fingerprint density at radius 3 is 3.00 bits per heavy atom. The van der Waals surface area contributed by atoms with Gasteiger partial charge in [0.2, 0.25) is 11.1 Å². The molecule has 2 rings (SSSR count). The number of H-pyrrole nitrogens is 1. The first-order valence-corrected chi connectivity index (χ1v) is 9.30. The zero-order valence-corrected chi connectivity index (χ0v) is 15.9. The SMILES string of the molecule is CCCCc1nc(SCC(=O)Nc2ncc(Br)cc2Br)n[nH]1. The smallest absolute Gasteiger partial charge is 0.236 e. The van der Waals surface area contributed by atoms with Crippen LogP contribution >= 0.6 is 43.6 Å². The second kappa shape index (κ2) is 8.64. The number of nitrogens with one attached hydrogen (secondary N) is 2. The number of rotatable bonds is 7. The second-order valence-corrected chi connectivity index (χ2v) is 7.20. The zero-order chi connectivity index (χ0) is 15.9. The summed E-state index contributed by atoms with van der Waals surface area (Å²) in [5, 5.41) is 10.3. The monoisotopic (exact) mass is 447 g/mol. The summed E-state index contributed by atoms with van der Waals surface area (Å²) in [6.07, 6.45) is 4.69. The maximum absolute atomic E-state index is 11.9. The molecule has 0 aliphatic heterocycles. The number of anilines is 1. The Bertz CT molecular complexity index is 649. The number of carbonyl (C=O) groups excluding carboxylic acids is 1. The molecular weight excluding hydrogens is 434 g/mol. The van der Waals surface area contributed by atoms with E-state index in [1.165, 1.54) is 11.8 Å². The van der Waals surface area contributed by atoms with Crippen LogP contribution in [-0.4, -0.2) is 31.8 Å². The molecule has 0 radical (unpaired) electrons. The number of unbranched alkanes of at least 4 members (excludes halogenated alkanes) is 1. The number of carbonyl (C=O) groups is 1. The summed E-state index contributed by atoms with van der Waals surface area (Å²) >= 11 is 7.96. The van der Waals surface area contributed by atoms with Crippen LogP contribution in [0.4, 0.5) is 5.82 Å². The third-order valence-corrected chi connectivity index (χ3v) is 4.56. The molecule has 0 fully saturated rings. The van der Waals surface area contributed by atoms with E-state index in [-0.39, 0.29) is 11.7 Å². The molecule has 0 aromatic carbocycles. The van der Waals surface area contributed by atoms with Gasteiger partial charge in [-0.05, 0) is 44.3 Å². The molecule has 0 aliphatic rings. The first-order chi connectivity index (χ1) is 10.6. The van der Waals surface area contributed by atoms with Gasteiger partial charge >= 0.3 is 0 Å². The van der Waals surface area contributed by atoms with Crippen LogP contribution in [0.15, 0.2) is 26.4 Å². The molecule has 2 aromatic rings. The average Bonchev–Trinajstić information content (AvgIpc) is 2.94. The number of nitrogens with zero attached hydrogens (tertiary/aromatic N) is 3. The molecule has 2 heterocycles. The maximum Gasteiger partial charge on any atom is 0.236 e. The Labute approximate surface area is 149 Å². The van der Waals surface area contributed by atoms with Gasteiger partial charge in [0, 0.05) is 17.1 Å². The summed E-state index contributed by atoms with van der Waals surface area (Å²) in [6.45, 7) is 2.13. The summed E-state index contributed by atoms with van der Waals surface area (Å²) < 4.78 is 1.56. The topological polar surface area (TPSA) is 83.6 Å². The molecule has 1 amide bonds. The minimum Gasteiger partial charge on any atom is -0.309 e. The van der Waals surface area contributed by atoms with E-state index in [0.29, 0.717) is 11.0 Å². The van der Waals surface area contributed by atoms with Gasteiger partial charge in [-0.3, -0.25) is 9.89 Å². The molecule has 22 heavy (non-hydrogen) atoms. The lowest BCUT2D eigenvalue weighted by molar-refractivity contribution is -0.113. The second-order valence-electron chi connectivity index (χ2n) is 4.49. The summed E-state index contributed by atoms with van der Waals surface area (Å²) in [7, 11) is 0. The molecule has 9 heteroatoms. The van der Waals surface area contributed by atoms with E-state index >= 15 is 0 Å². The van der Waals surface area contributed by atoms with E-state index in [9.17, 15) is 4.79 Å². The Morgan fingerprint density at radius 1 is 1.45 bits per heavy atom. The van der Waals surface area contributed by atoms with Crippen molar-refractivity contribution in [1.29, 1.82) is 0 Å². The van der Waals surface area contributed by atoms with Crippen molar-refractivity contribution in [2.75, 3.05) is 11.1 Å². The van der Waals surface area contributed by atoms with Gasteiger partial charge in [-0.2, -0.15) is 0 Å². The Kier molecular flexibility index (Phi) is 6.84. The highest BCUT2D eigenvalue weighted by Gasteiger charge is 2.10. The van der Waals surface area contributed by atoms with Crippen LogP contribution in [0.3, 0.4) is 0 Å². The average molecular weight is 449 g/mol. The number of aromatic nitrogens is 4. The minimum absolute atomic E-state index is 0.152. The van der Waals surface area contributed by atoms with Crippen molar-refractivity contribution in [3.8, 4) is 0 Å². The number of thioether (sulfide) groups is 1. The van der Waals surface area contributed by atoms with Gasteiger partial charge in [0.1, 0.15) is 11.6 Å². The molecule has 118 valence electrons. The van der Waals surface area contributed by atoms with Gasteiger partial charge in [0.05, 0.1) is 10.2 Å². The Balaban J connectivity index is 1.83. The van der Waals surface area contributed by atoms with Crippen LogP contribution in [0.2, 0.25) is 0 Å². The maximum atomic E-state index is 11.9. The Morgan fingerprint density at radius 2 is 2.27 bits per heavy atom. The van der Waals surface area contributed by atoms with E-state index in [2.05, 4.69) is 64.3 Å². The van der Waals surface area contributed by atoms with Crippen molar-refractivity contribution in [1.82, 2.24) is 20.2 Å². The lowest BCUT2D eigenvalue weighted by Gasteiger charge is -2.05. The highest BCUT2D eigenvalue weighted by atomic mass is 79.9. The van der Waals surface area contributed by atoms with E-state index < -0.39 is 0 Å². The predicted octanol–water partition coefficient (Wildman–Crippen LogP) is 3.80. The zero-order valence-electron chi connectivity index (χ0n) is 11.9. The van der Waals surface area contributed by atoms with E-state index in [1.807, 2.05) is 6.07 Å². The first-order valence-electron chi connectivity index (χ1n) is 6.73. The van der Waals surface area contributed by atoms with Crippen molar-refractivity contribution in [2.45, 2.75) is 31.3 Å². The number of amides is 1. The normalized spacial score (nSPS) is 10.7. The number of pyridine rings is 1. The minimum atomic E-state index is -0.152. The van der Waals surface area contributed by atoms with Gasteiger partial charge in [0.25, 0.3) is 0 Å². The van der Waals surface area contributed by atoms with Gasteiger partial charge in [-0.15, -0.1) is 5.10 Å². The standard InChI is InChI=1S/C13H15Br2N5OS/c1-2-3-4-10-17-13(20-19-10)22-7-11(21)18-12-9(15)5-8(14)6-16-12/h5-6H,2-4,7H2,1H3,(H,16,18,21)(H,17,19,20). The van der Waals surface area contributed by atoms with E-state index in [0.717, 1.165) is 34.0 Å². The Hall–Kier alpha value is -0.930. The number of aryl methyl sites for hydroxylation is 1. The molecule has 0 atom stereocenters. The first kappa shape index (κ1) is 17.4. The van der Waals surface area contributed by atoms with Crippen molar-refractivity contribution in [3.05, 3.63) is 27.0 Å². The molecule has 0 saturated carbocycles. The van der Waals surface area contributed by atoms with Gasteiger partial charge < -0.3 is 5.32 Å². The number of hydrogen-bond donors (Lipinski definition) is 2. The van der Waals surface area contributed by atoms with E-state index in [1.54, 1.807) is 6.20 Å². The summed E-state index contributed by atoms with van der Waals surface area (Å²) in [5.74, 6) is 1.44. The molecule has 0 unspecified atom stereocenters. The van der Waals surface area contributed by atoms with Gasteiger partial charge in [-0.25, -0.2) is 9.97 Å². The fourth-order valence-corrected chi connectivity index (χ4v) is 3.31. The van der Waals surface area contributed by atoms with Crippen LogP contribution in [0.25, 0.3) is 0 Å². The summed E-state index contributed by atoms with van der Waals surface area (Å²) in [4.78, 5) is 20.4. The lowest BCUT2D eigenvalue weighted by atomic mass is 10.2. The van der Waals surface area contributed by atoms with Gasteiger partial charge in [-0.1, -0.05) is 25.1 Å². The van der Waals surface area contributed by atoms with Crippen molar-refractivity contribution in [2.24, 2.45) is 0 Å².